The first-order valence-corrected chi connectivity index (χ1v) is 8.60. The van der Waals surface area contributed by atoms with Crippen molar-refractivity contribution in [3.05, 3.63) is 65.3 Å². The Morgan fingerprint density at radius 3 is 2.85 bits per heavy atom. The van der Waals surface area contributed by atoms with Gasteiger partial charge in [0, 0.05) is 48.7 Å². The van der Waals surface area contributed by atoms with E-state index in [1.165, 1.54) is 5.56 Å². The van der Waals surface area contributed by atoms with Crippen LogP contribution < -0.4 is 5.32 Å². The van der Waals surface area contributed by atoms with Crippen molar-refractivity contribution in [3.63, 3.8) is 0 Å². The van der Waals surface area contributed by atoms with Crippen LogP contribution in [-0.2, 0) is 6.54 Å². The maximum absolute atomic E-state index is 5.93. The zero-order valence-corrected chi connectivity index (χ0v) is 15.6. The Balaban J connectivity index is 0.00000196. The highest BCUT2D eigenvalue weighted by atomic mass is 35.5. The maximum atomic E-state index is 5.93. The van der Waals surface area contributed by atoms with E-state index in [2.05, 4.69) is 31.4 Å². The number of piperazine rings is 1. The molecule has 1 atom stereocenters. The topological polar surface area (TPSA) is 67.1 Å². The summed E-state index contributed by atoms with van der Waals surface area (Å²) in [6.45, 7) is 3.35. The Labute approximate surface area is 163 Å². The van der Waals surface area contributed by atoms with Gasteiger partial charge in [0.05, 0.1) is 6.54 Å². The van der Waals surface area contributed by atoms with Crippen LogP contribution in [0.5, 0.6) is 0 Å². The summed E-state index contributed by atoms with van der Waals surface area (Å²) < 4.78 is 5.46. The SMILES string of the molecule is Cl.Clc1ccc(-c2noc(CN3CCNCC3c3cccnc3)n2)cc1. The van der Waals surface area contributed by atoms with Crippen LogP contribution in [0.15, 0.2) is 53.3 Å². The molecule has 6 nitrogen and oxygen atoms in total. The van der Waals surface area contributed by atoms with Crippen molar-refractivity contribution in [2.45, 2.75) is 12.6 Å². The normalized spacial score (nSPS) is 17.7. The van der Waals surface area contributed by atoms with Crippen LogP contribution in [0.25, 0.3) is 11.4 Å². The fourth-order valence-electron chi connectivity index (χ4n) is 3.05. The largest absolute Gasteiger partial charge is 0.338 e. The number of hydrogen-bond acceptors (Lipinski definition) is 6. The monoisotopic (exact) mass is 391 g/mol. The van der Waals surface area contributed by atoms with Gasteiger partial charge in [0.15, 0.2) is 0 Å². The van der Waals surface area contributed by atoms with E-state index in [1.54, 1.807) is 6.20 Å². The maximum Gasteiger partial charge on any atom is 0.241 e. The number of aromatic nitrogens is 3. The number of pyridine rings is 1. The number of benzene rings is 1. The van der Waals surface area contributed by atoms with Crippen molar-refractivity contribution in [2.75, 3.05) is 19.6 Å². The zero-order valence-electron chi connectivity index (χ0n) is 14.0. The molecule has 3 heterocycles. The molecular weight excluding hydrogens is 373 g/mol. The Bertz CT molecular complexity index is 825. The first-order chi connectivity index (χ1) is 12.3. The highest BCUT2D eigenvalue weighted by molar-refractivity contribution is 6.30. The Morgan fingerprint density at radius 1 is 1.23 bits per heavy atom. The molecule has 0 bridgehead atoms. The lowest BCUT2D eigenvalue weighted by atomic mass is 10.1. The Morgan fingerprint density at radius 2 is 2.08 bits per heavy atom. The lowest BCUT2D eigenvalue weighted by Gasteiger charge is -2.35. The molecule has 8 heteroatoms. The van der Waals surface area contributed by atoms with Gasteiger partial charge < -0.3 is 9.84 Å². The summed E-state index contributed by atoms with van der Waals surface area (Å²) in [5, 5.41) is 8.22. The minimum Gasteiger partial charge on any atom is -0.338 e. The highest BCUT2D eigenvalue weighted by Crippen LogP contribution is 2.24. The highest BCUT2D eigenvalue weighted by Gasteiger charge is 2.25. The van der Waals surface area contributed by atoms with Crippen molar-refractivity contribution in [1.29, 1.82) is 0 Å². The van der Waals surface area contributed by atoms with Crippen LogP contribution in [0.3, 0.4) is 0 Å². The van der Waals surface area contributed by atoms with E-state index in [9.17, 15) is 0 Å². The summed E-state index contributed by atoms with van der Waals surface area (Å²) in [6, 6.07) is 11.7. The van der Waals surface area contributed by atoms with E-state index in [1.807, 2.05) is 36.5 Å². The fourth-order valence-corrected chi connectivity index (χ4v) is 3.17. The second-order valence-corrected chi connectivity index (χ2v) is 6.43. The third kappa shape index (κ3) is 4.22. The van der Waals surface area contributed by atoms with Crippen LogP contribution in [0.1, 0.15) is 17.5 Å². The van der Waals surface area contributed by atoms with Gasteiger partial charge in [0.25, 0.3) is 0 Å². The first kappa shape index (κ1) is 18.8. The minimum atomic E-state index is 0. The molecule has 0 radical (unpaired) electrons. The van der Waals surface area contributed by atoms with Crippen molar-refractivity contribution in [2.24, 2.45) is 0 Å². The quantitative estimate of drug-likeness (QED) is 0.735. The summed E-state index contributed by atoms with van der Waals surface area (Å²) >= 11 is 5.93. The van der Waals surface area contributed by atoms with Gasteiger partial charge in [-0.25, -0.2) is 0 Å². The molecule has 3 aromatic rings. The molecule has 1 unspecified atom stereocenters. The van der Waals surface area contributed by atoms with Gasteiger partial charge in [0.2, 0.25) is 11.7 Å². The van der Waals surface area contributed by atoms with Gasteiger partial charge in [-0.15, -0.1) is 12.4 Å². The predicted octanol–water partition coefficient (Wildman–Crippen LogP) is 3.35. The van der Waals surface area contributed by atoms with Crippen LogP contribution >= 0.6 is 24.0 Å². The lowest BCUT2D eigenvalue weighted by molar-refractivity contribution is 0.135. The van der Waals surface area contributed by atoms with Crippen molar-refractivity contribution in [3.8, 4) is 11.4 Å². The van der Waals surface area contributed by atoms with Crippen molar-refractivity contribution in [1.82, 2.24) is 25.3 Å². The van der Waals surface area contributed by atoms with Gasteiger partial charge >= 0.3 is 0 Å². The molecule has 0 spiro atoms. The molecule has 1 N–H and O–H groups in total. The third-order valence-electron chi connectivity index (χ3n) is 4.33. The summed E-state index contributed by atoms with van der Waals surface area (Å²) in [7, 11) is 0. The molecule has 1 saturated heterocycles. The molecule has 26 heavy (non-hydrogen) atoms. The number of nitrogens with one attached hydrogen (secondary N) is 1. The third-order valence-corrected chi connectivity index (χ3v) is 4.58. The van der Waals surface area contributed by atoms with Crippen LogP contribution in [0.2, 0.25) is 5.02 Å². The molecule has 1 fully saturated rings. The second kappa shape index (κ2) is 8.60. The lowest BCUT2D eigenvalue weighted by Crippen LogP contribution is -2.45. The van der Waals surface area contributed by atoms with E-state index in [0.717, 1.165) is 25.2 Å². The molecular formula is C18H19Cl2N5O. The van der Waals surface area contributed by atoms with E-state index in [4.69, 9.17) is 16.1 Å². The molecule has 0 amide bonds. The Hall–Kier alpha value is -1.99. The molecule has 1 aromatic carbocycles. The molecule has 1 aliphatic rings. The van der Waals surface area contributed by atoms with E-state index in [0.29, 0.717) is 23.3 Å². The molecule has 0 saturated carbocycles. The van der Waals surface area contributed by atoms with Gasteiger partial charge in [-0.1, -0.05) is 22.8 Å². The summed E-state index contributed by atoms with van der Waals surface area (Å²) in [5.41, 5.74) is 2.08. The van der Waals surface area contributed by atoms with Crippen LogP contribution in [-0.4, -0.2) is 39.7 Å². The van der Waals surface area contributed by atoms with Gasteiger partial charge in [-0.2, -0.15) is 4.98 Å². The zero-order chi connectivity index (χ0) is 17.1. The molecule has 4 rings (SSSR count). The second-order valence-electron chi connectivity index (χ2n) is 6.00. The summed E-state index contributed by atoms with van der Waals surface area (Å²) in [6.07, 6.45) is 3.71. The molecule has 1 aliphatic heterocycles. The average molecular weight is 392 g/mol. The summed E-state index contributed by atoms with van der Waals surface area (Å²) in [4.78, 5) is 11.1. The summed E-state index contributed by atoms with van der Waals surface area (Å²) in [5.74, 6) is 1.19. The van der Waals surface area contributed by atoms with Gasteiger partial charge in [0.1, 0.15) is 0 Å². The van der Waals surface area contributed by atoms with Gasteiger partial charge in [-0.05, 0) is 35.9 Å². The van der Waals surface area contributed by atoms with E-state index in [-0.39, 0.29) is 18.4 Å². The van der Waals surface area contributed by atoms with Crippen molar-refractivity contribution >= 4 is 24.0 Å². The van der Waals surface area contributed by atoms with Crippen molar-refractivity contribution < 1.29 is 4.52 Å². The molecule has 2 aromatic heterocycles. The molecule has 0 aliphatic carbocycles. The predicted molar refractivity (Wildman–Crippen MR) is 102 cm³/mol. The minimum absolute atomic E-state index is 0. The van der Waals surface area contributed by atoms with Crippen LogP contribution in [0.4, 0.5) is 0 Å². The smallest absolute Gasteiger partial charge is 0.241 e. The number of nitrogens with zero attached hydrogens (tertiary/aromatic N) is 4. The van der Waals surface area contributed by atoms with E-state index < -0.39 is 0 Å². The first-order valence-electron chi connectivity index (χ1n) is 8.23. The molecule has 136 valence electrons. The van der Waals surface area contributed by atoms with Crippen LogP contribution in [0, 0.1) is 0 Å². The fraction of sp³-hybridized carbons (Fsp3) is 0.278. The Kier molecular flexibility index (Phi) is 6.21. The number of rotatable bonds is 4. The number of halogens is 2. The van der Waals surface area contributed by atoms with E-state index >= 15 is 0 Å². The average Bonchev–Trinajstić information content (AvgIpc) is 3.12. The number of hydrogen-bond donors (Lipinski definition) is 1. The standard InChI is InChI=1S/C18H18ClN5O.ClH/c19-15-5-3-13(4-6-15)18-22-17(25-23-18)12-24-9-8-21-11-16(24)14-2-1-7-20-10-14;/h1-7,10,16,21H,8-9,11-12H2;1H. The van der Waals surface area contributed by atoms with Gasteiger partial charge in [-0.3, -0.25) is 9.88 Å².